The normalized spacial score (nSPS) is 10.9. The van der Waals surface area contributed by atoms with Gasteiger partial charge in [0.25, 0.3) is 0 Å². The summed E-state index contributed by atoms with van der Waals surface area (Å²) in [7, 11) is 0. The molecule has 2 heterocycles. The minimum atomic E-state index is -0.962. The second kappa shape index (κ2) is 5.36. The van der Waals surface area contributed by atoms with Crippen molar-refractivity contribution in [2.24, 2.45) is 0 Å². The van der Waals surface area contributed by atoms with Crippen LogP contribution in [0.4, 0.5) is 0 Å². The van der Waals surface area contributed by atoms with Gasteiger partial charge < -0.3 is 9.67 Å². The van der Waals surface area contributed by atoms with Gasteiger partial charge in [-0.1, -0.05) is 19.1 Å². The van der Waals surface area contributed by atoms with Crippen molar-refractivity contribution in [3.05, 3.63) is 59.7 Å². The molecule has 0 aliphatic heterocycles. The largest absolute Gasteiger partial charge is 0.478 e. The number of rotatable bonds is 4. The van der Waals surface area contributed by atoms with Crippen LogP contribution in [-0.2, 0) is 13.0 Å². The second-order valence-electron chi connectivity index (χ2n) is 4.80. The van der Waals surface area contributed by atoms with Crippen LogP contribution in [0.5, 0.6) is 0 Å². The Bertz CT molecular complexity index is 791. The molecule has 0 saturated heterocycles. The van der Waals surface area contributed by atoms with Crippen LogP contribution in [0.1, 0.15) is 28.8 Å². The van der Waals surface area contributed by atoms with Crippen LogP contribution in [0.3, 0.4) is 0 Å². The van der Waals surface area contributed by atoms with Gasteiger partial charge in [-0.05, 0) is 24.3 Å². The van der Waals surface area contributed by atoms with Crippen molar-refractivity contribution in [3.8, 4) is 0 Å². The molecule has 3 rings (SSSR count). The fraction of sp³-hybridized carbons (Fsp3) is 0.188. The molecule has 0 bridgehead atoms. The Kier molecular flexibility index (Phi) is 3.39. The Morgan fingerprint density at radius 3 is 2.71 bits per heavy atom. The molecule has 1 aromatic carbocycles. The van der Waals surface area contributed by atoms with Gasteiger partial charge in [-0.3, -0.25) is 4.98 Å². The van der Waals surface area contributed by atoms with Gasteiger partial charge in [-0.15, -0.1) is 0 Å². The molecule has 0 amide bonds. The molecule has 5 heteroatoms. The third-order valence-corrected chi connectivity index (χ3v) is 3.44. The molecular weight excluding hydrogens is 266 g/mol. The third-order valence-electron chi connectivity index (χ3n) is 3.44. The molecule has 0 spiro atoms. The number of hydrogen-bond donors (Lipinski definition) is 1. The first kappa shape index (κ1) is 13.3. The number of carboxylic acid groups (broad SMARTS) is 1. The van der Waals surface area contributed by atoms with Gasteiger partial charge in [0.2, 0.25) is 0 Å². The Morgan fingerprint density at radius 2 is 2.05 bits per heavy atom. The Morgan fingerprint density at radius 1 is 1.24 bits per heavy atom. The molecule has 3 aromatic rings. The van der Waals surface area contributed by atoms with Crippen LogP contribution in [0.25, 0.3) is 11.0 Å². The maximum absolute atomic E-state index is 10.8. The standard InChI is InChI=1S/C16H15N3O2/c1-2-15-18-13-5-3-4-6-14(13)19(15)10-12-8-7-11(9-17-12)16(20)21/h3-9H,2,10H2,1H3,(H,20,21). The summed E-state index contributed by atoms with van der Waals surface area (Å²) in [6.45, 7) is 2.66. The van der Waals surface area contributed by atoms with E-state index in [1.54, 1.807) is 12.1 Å². The van der Waals surface area contributed by atoms with Gasteiger partial charge in [0.05, 0.1) is 28.8 Å². The lowest BCUT2D eigenvalue weighted by Crippen LogP contribution is -2.07. The van der Waals surface area contributed by atoms with E-state index in [0.717, 1.165) is 29.0 Å². The number of aromatic nitrogens is 3. The summed E-state index contributed by atoms with van der Waals surface area (Å²) >= 11 is 0. The Hall–Kier alpha value is -2.69. The molecule has 2 aromatic heterocycles. The van der Waals surface area contributed by atoms with E-state index in [-0.39, 0.29) is 5.56 Å². The monoisotopic (exact) mass is 281 g/mol. The lowest BCUT2D eigenvalue weighted by molar-refractivity contribution is 0.0696. The molecule has 5 nitrogen and oxygen atoms in total. The number of pyridine rings is 1. The van der Waals surface area contributed by atoms with E-state index in [2.05, 4.69) is 21.5 Å². The van der Waals surface area contributed by atoms with Gasteiger partial charge in [0, 0.05) is 12.6 Å². The summed E-state index contributed by atoms with van der Waals surface area (Å²) in [6.07, 6.45) is 2.23. The highest BCUT2D eigenvalue weighted by Gasteiger charge is 2.10. The van der Waals surface area contributed by atoms with E-state index in [9.17, 15) is 4.79 Å². The number of imidazole rings is 1. The van der Waals surface area contributed by atoms with Crippen LogP contribution >= 0.6 is 0 Å². The number of nitrogens with zero attached hydrogens (tertiary/aromatic N) is 3. The van der Waals surface area contributed by atoms with Crippen molar-refractivity contribution in [1.82, 2.24) is 14.5 Å². The average molecular weight is 281 g/mol. The SMILES string of the molecule is CCc1nc2ccccc2n1Cc1ccc(C(=O)O)cn1. The number of aryl methyl sites for hydroxylation is 1. The smallest absolute Gasteiger partial charge is 0.337 e. The number of carboxylic acids is 1. The fourth-order valence-corrected chi connectivity index (χ4v) is 2.38. The number of hydrogen-bond acceptors (Lipinski definition) is 3. The van der Waals surface area contributed by atoms with E-state index in [1.165, 1.54) is 6.20 Å². The van der Waals surface area contributed by atoms with Crippen molar-refractivity contribution in [2.75, 3.05) is 0 Å². The third kappa shape index (κ3) is 2.50. The first-order valence-corrected chi connectivity index (χ1v) is 6.81. The Labute approximate surface area is 121 Å². The van der Waals surface area contributed by atoms with Crippen molar-refractivity contribution in [1.29, 1.82) is 0 Å². The van der Waals surface area contributed by atoms with E-state index in [4.69, 9.17) is 5.11 Å². The minimum absolute atomic E-state index is 0.199. The maximum Gasteiger partial charge on any atom is 0.337 e. The number of aromatic carboxylic acids is 1. The minimum Gasteiger partial charge on any atom is -0.478 e. The van der Waals surface area contributed by atoms with Gasteiger partial charge in [0.1, 0.15) is 5.82 Å². The van der Waals surface area contributed by atoms with E-state index < -0.39 is 5.97 Å². The summed E-state index contributed by atoms with van der Waals surface area (Å²) in [4.78, 5) is 19.7. The average Bonchev–Trinajstić information content (AvgIpc) is 2.86. The van der Waals surface area contributed by atoms with Gasteiger partial charge in [-0.2, -0.15) is 0 Å². The maximum atomic E-state index is 10.8. The number of carbonyl (C=O) groups is 1. The number of benzene rings is 1. The summed E-state index contributed by atoms with van der Waals surface area (Å²) < 4.78 is 2.12. The van der Waals surface area contributed by atoms with Crippen molar-refractivity contribution in [3.63, 3.8) is 0 Å². The highest BCUT2D eigenvalue weighted by atomic mass is 16.4. The predicted molar refractivity (Wildman–Crippen MR) is 79.4 cm³/mol. The zero-order chi connectivity index (χ0) is 14.8. The van der Waals surface area contributed by atoms with Crippen LogP contribution in [0, 0.1) is 0 Å². The quantitative estimate of drug-likeness (QED) is 0.798. The molecule has 0 radical (unpaired) electrons. The molecule has 0 unspecified atom stereocenters. The van der Waals surface area contributed by atoms with Crippen molar-refractivity contribution < 1.29 is 9.90 Å². The van der Waals surface area contributed by atoms with Crippen LogP contribution in [-0.4, -0.2) is 25.6 Å². The van der Waals surface area contributed by atoms with E-state index >= 15 is 0 Å². The van der Waals surface area contributed by atoms with Gasteiger partial charge in [-0.25, -0.2) is 9.78 Å². The molecule has 0 atom stereocenters. The molecule has 21 heavy (non-hydrogen) atoms. The second-order valence-corrected chi connectivity index (χ2v) is 4.80. The highest BCUT2D eigenvalue weighted by molar-refractivity contribution is 5.87. The molecule has 1 N–H and O–H groups in total. The molecule has 0 aliphatic rings. The highest BCUT2D eigenvalue weighted by Crippen LogP contribution is 2.17. The van der Waals surface area contributed by atoms with Crippen LogP contribution < -0.4 is 0 Å². The lowest BCUT2D eigenvalue weighted by Gasteiger charge is -2.08. The predicted octanol–water partition coefficient (Wildman–Crippen LogP) is 2.74. The van der Waals surface area contributed by atoms with Crippen molar-refractivity contribution >= 4 is 17.0 Å². The van der Waals surface area contributed by atoms with Crippen LogP contribution in [0.15, 0.2) is 42.6 Å². The van der Waals surface area contributed by atoms with Gasteiger partial charge in [0.15, 0.2) is 0 Å². The summed E-state index contributed by atoms with van der Waals surface area (Å²) in [6, 6.07) is 11.3. The summed E-state index contributed by atoms with van der Waals surface area (Å²) in [5.74, 6) is 0.0386. The van der Waals surface area contributed by atoms with E-state index in [1.807, 2.05) is 24.3 Å². The summed E-state index contributed by atoms with van der Waals surface area (Å²) in [5, 5.41) is 8.90. The lowest BCUT2D eigenvalue weighted by atomic mass is 10.2. The zero-order valence-corrected chi connectivity index (χ0v) is 11.7. The number of para-hydroxylation sites is 2. The molecule has 0 saturated carbocycles. The topological polar surface area (TPSA) is 68.0 Å². The summed E-state index contributed by atoms with van der Waals surface area (Å²) in [5.41, 5.74) is 3.05. The fourth-order valence-electron chi connectivity index (χ4n) is 2.38. The van der Waals surface area contributed by atoms with E-state index in [0.29, 0.717) is 6.54 Å². The molecule has 0 aliphatic carbocycles. The molecule has 0 fully saturated rings. The Balaban J connectivity index is 1.99. The molecular formula is C16H15N3O2. The first-order valence-electron chi connectivity index (χ1n) is 6.81. The zero-order valence-electron chi connectivity index (χ0n) is 11.7. The number of fused-ring (bicyclic) bond motifs is 1. The first-order chi connectivity index (χ1) is 10.2. The van der Waals surface area contributed by atoms with Crippen LogP contribution in [0.2, 0.25) is 0 Å². The van der Waals surface area contributed by atoms with Crippen molar-refractivity contribution in [2.45, 2.75) is 19.9 Å². The molecule has 106 valence electrons. The van der Waals surface area contributed by atoms with Gasteiger partial charge >= 0.3 is 5.97 Å².